The monoisotopic (exact) mass is 245 g/mol. The van der Waals surface area contributed by atoms with Crippen molar-refractivity contribution in [1.29, 1.82) is 0 Å². The Morgan fingerprint density at radius 1 is 1.50 bits per heavy atom. The van der Waals surface area contributed by atoms with Crippen LogP contribution in [0.25, 0.3) is 0 Å². The van der Waals surface area contributed by atoms with E-state index >= 15 is 0 Å². The van der Waals surface area contributed by atoms with Crippen molar-refractivity contribution in [1.82, 2.24) is 0 Å². The summed E-state index contributed by atoms with van der Waals surface area (Å²) >= 11 is 2.03. The van der Waals surface area contributed by atoms with E-state index in [1.54, 1.807) is 6.07 Å². The molecule has 0 aliphatic carbocycles. The van der Waals surface area contributed by atoms with Crippen molar-refractivity contribution in [2.24, 2.45) is 0 Å². The number of non-ortho nitro benzene ring substituents is 1. The van der Waals surface area contributed by atoms with Crippen LogP contribution in [0.3, 0.4) is 0 Å². The van der Waals surface area contributed by atoms with Crippen molar-refractivity contribution in [3.8, 4) is 0 Å². The SMILES string of the molecule is O=[N+]([O-])c1cccc([123I])c1. The third kappa shape index (κ3) is 1.66. The van der Waals surface area contributed by atoms with Crippen LogP contribution in [0.1, 0.15) is 0 Å². The fourth-order valence-corrected chi connectivity index (χ4v) is 1.12. The largest absolute Gasteiger partial charge is 0.270 e. The van der Waals surface area contributed by atoms with Gasteiger partial charge in [-0.2, -0.15) is 0 Å². The van der Waals surface area contributed by atoms with Crippen molar-refractivity contribution >= 4 is 28.3 Å². The number of nitro benzene ring substituents is 1. The molecule has 1 aromatic rings. The summed E-state index contributed by atoms with van der Waals surface area (Å²) in [7, 11) is 0. The van der Waals surface area contributed by atoms with Gasteiger partial charge in [0.2, 0.25) is 0 Å². The van der Waals surface area contributed by atoms with Gasteiger partial charge in [0.15, 0.2) is 0 Å². The van der Waals surface area contributed by atoms with Gasteiger partial charge in [0.1, 0.15) is 0 Å². The molecule has 1 rings (SSSR count). The van der Waals surface area contributed by atoms with E-state index < -0.39 is 4.92 Å². The first kappa shape index (κ1) is 7.46. The first-order valence-corrected chi connectivity index (χ1v) is 3.68. The Balaban J connectivity index is 3.07. The van der Waals surface area contributed by atoms with Crippen LogP contribution in [0.5, 0.6) is 0 Å². The van der Waals surface area contributed by atoms with Crippen molar-refractivity contribution < 1.29 is 4.92 Å². The summed E-state index contributed by atoms with van der Waals surface area (Å²) in [5, 5.41) is 10.2. The molecular weight excluding hydrogens is 241 g/mol. The van der Waals surface area contributed by atoms with Gasteiger partial charge in [-0.05, 0) is 28.7 Å². The van der Waals surface area contributed by atoms with E-state index in [0.717, 1.165) is 3.57 Å². The summed E-state index contributed by atoms with van der Waals surface area (Å²) in [5.74, 6) is 0. The molecule has 0 bridgehead atoms. The first-order valence-electron chi connectivity index (χ1n) is 2.60. The maximum absolute atomic E-state index is 10.2. The summed E-state index contributed by atoms with van der Waals surface area (Å²) in [4.78, 5) is 9.75. The van der Waals surface area contributed by atoms with Gasteiger partial charge in [-0.1, -0.05) is 6.07 Å². The summed E-state index contributed by atoms with van der Waals surface area (Å²) in [6.07, 6.45) is 0. The fourth-order valence-electron chi connectivity index (χ4n) is 0.590. The lowest BCUT2D eigenvalue weighted by atomic mass is 10.3. The quantitative estimate of drug-likeness (QED) is 0.432. The number of nitro groups is 1. The molecule has 0 saturated carbocycles. The Kier molecular flexibility index (Phi) is 2.21. The van der Waals surface area contributed by atoms with E-state index in [1.807, 2.05) is 28.7 Å². The number of benzene rings is 1. The van der Waals surface area contributed by atoms with Gasteiger partial charge in [-0.25, -0.2) is 0 Å². The van der Waals surface area contributed by atoms with Crippen molar-refractivity contribution in [2.75, 3.05) is 0 Å². The average Bonchev–Trinajstić information content (AvgIpc) is 1.88. The minimum Gasteiger partial charge on any atom is -0.258 e. The van der Waals surface area contributed by atoms with Crippen LogP contribution >= 0.6 is 22.6 Å². The fraction of sp³-hybridized carbons (Fsp3) is 0. The molecule has 1 aromatic carbocycles. The van der Waals surface area contributed by atoms with E-state index in [2.05, 4.69) is 0 Å². The third-order valence-corrected chi connectivity index (χ3v) is 1.69. The van der Waals surface area contributed by atoms with Gasteiger partial charge in [0.05, 0.1) is 4.92 Å². The topological polar surface area (TPSA) is 43.1 Å². The zero-order chi connectivity index (χ0) is 7.56. The number of hydrogen-bond donors (Lipinski definition) is 0. The number of rotatable bonds is 1. The minimum atomic E-state index is -0.401. The zero-order valence-electron chi connectivity index (χ0n) is 4.95. The summed E-state index contributed by atoms with van der Waals surface area (Å²) in [6, 6.07) is 6.48. The van der Waals surface area contributed by atoms with Gasteiger partial charge in [-0.3, -0.25) is 10.1 Å². The van der Waals surface area contributed by atoms with Crippen molar-refractivity contribution in [3.63, 3.8) is 0 Å². The highest BCUT2D eigenvalue weighted by molar-refractivity contribution is 14.1. The Morgan fingerprint density at radius 2 is 2.20 bits per heavy atom. The molecule has 0 aliphatic rings. The summed E-state index contributed by atoms with van der Waals surface area (Å²) < 4.78 is 0.881. The Bertz CT molecular complexity index is 262. The molecule has 0 fully saturated rings. The van der Waals surface area contributed by atoms with E-state index in [4.69, 9.17) is 0 Å². The predicted octanol–water partition coefficient (Wildman–Crippen LogP) is 2.20. The molecule has 0 atom stereocenters. The second-order valence-corrected chi connectivity index (χ2v) is 2.98. The maximum Gasteiger partial charge on any atom is 0.270 e. The second-order valence-electron chi connectivity index (χ2n) is 1.74. The van der Waals surface area contributed by atoms with Gasteiger partial charge in [-0.15, -0.1) is 0 Å². The first-order chi connectivity index (χ1) is 4.70. The standard InChI is InChI=1S/C6H4INO2/c7-5-2-1-3-6(4-5)8(9)10/h1-4H/i7-4. The van der Waals surface area contributed by atoms with E-state index in [1.165, 1.54) is 12.1 Å². The molecule has 0 aliphatic heterocycles. The van der Waals surface area contributed by atoms with Crippen LogP contribution in [0.15, 0.2) is 24.3 Å². The molecule has 0 heterocycles. The number of halogens is 1. The molecule has 0 aromatic heterocycles. The molecular formula is C6H4INO2. The maximum atomic E-state index is 10.2. The lowest BCUT2D eigenvalue weighted by molar-refractivity contribution is -0.384. The number of nitrogens with zero attached hydrogens (tertiary/aromatic N) is 1. The van der Waals surface area contributed by atoms with Crippen LogP contribution in [-0.4, -0.2) is 4.92 Å². The molecule has 10 heavy (non-hydrogen) atoms. The van der Waals surface area contributed by atoms with Crippen LogP contribution in [0.4, 0.5) is 5.69 Å². The Morgan fingerprint density at radius 3 is 2.60 bits per heavy atom. The molecule has 0 N–H and O–H groups in total. The van der Waals surface area contributed by atoms with Gasteiger partial charge in [0.25, 0.3) is 5.69 Å². The molecule has 4 heteroatoms. The zero-order valence-corrected chi connectivity index (χ0v) is 7.11. The lowest BCUT2D eigenvalue weighted by Gasteiger charge is -1.89. The average molecular weight is 245 g/mol. The van der Waals surface area contributed by atoms with Crippen molar-refractivity contribution in [3.05, 3.63) is 37.9 Å². The molecule has 0 saturated heterocycles. The Labute approximate surface area is 71.3 Å². The summed E-state index contributed by atoms with van der Waals surface area (Å²) in [6.45, 7) is 0. The predicted molar refractivity (Wildman–Crippen MR) is 45.8 cm³/mol. The Hall–Kier alpha value is -0.650. The van der Waals surface area contributed by atoms with E-state index in [0.29, 0.717) is 0 Å². The second kappa shape index (κ2) is 2.96. The summed E-state index contributed by atoms with van der Waals surface area (Å²) in [5.41, 5.74) is 0.145. The van der Waals surface area contributed by atoms with Gasteiger partial charge in [0, 0.05) is 15.7 Å². The lowest BCUT2D eigenvalue weighted by Crippen LogP contribution is -1.86. The van der Waals surface area contributed by atoms with Gasteiger partial charge < -0.3 is 0 Å². The minimum absolute atomic E-state index is 0.145. The van der Waals surface area contributed by atoms with Crippen LogP contribution in [0.2, 0.25) is 0 Å². The van der Waals surface area contributed by atoms with Crippen LogP contribution < -0.4 is 0 Å². The molecule has 0 radical (unpaired) electrons. The highest BCUT2D eigenvalue weighted by Crippen LogP contribution is 2.13. The van der Waals surface area contributed by atoms with E-state index in [9.17, 15) is 10.1 Å². The normalized spacial score (nSPS) is 9.30. The van der Waals surface area contributed by atoms with Crippen LogP contribution in [-0.2, 0) is 0 Å². The molecule has 0 spiro atoms. The third-order valence-electron chi connectivity index (χ3n) is 1.02. The molecule has 0 amide bonds. The van der Waals surface area contributed by atoms with Crippen molar-refractivity contribution in [2.45, 2.75) is 0 Å². The van der Waals surface area contributed by atoms with Crippen LogP contribution in [0, 0.1) is 13.7 Å². The highest BCUT2D eigenvalue weighted by atomic mass is 123. The van der Waals surface area contributed by atoms with Gasteiger partial charge >= 0.3 is 0 Å². The molecule has 52 valence electrons. The molecule has 0 unspecified atom stereocenters. The number of hydrogen-bond acceptors (Lipinski definition) is 2. The highest BCUT2D eigenvalue weighted by Gasteiger charge is 2.02. The molecule has 3 nitrogen and oxygen atoms in total. The van der Waals surface area contributed by atoms with E-state index in [-0.39, 0.29) is 5.69 Å². The smallest absolute Gasteiger partial charge is 0.258 e.